The van der Waals surface area contributed by atoms with Crippen molar-refractivity contribution in [3.63, 3.8) is 0 Å². The van der Waals surface area contributed by atoms with E-state index in [0.29, 0.717) is 22.7 Å². The van der Waals surface area contributed by atoms with Gasteiger partial charge in [0.15, 0.2) is 4.91 Å². The average Bonchev–Trinajstić information content (AvgIpc) is 2.96. The maximum atomic E-state index is 13.1. The number of amides is 1. The van der Waals surface area contributed by atoms with Crippen LogP contribution in [0.25, 0.3) is 5.70 Å². The quantitative estimate of drug-likeness (QED) is 0.671. The number of rotatable bonds is 5. The van der Waals surface area contributed by atoms with E-state index >= 15 is 0 Å². The maximum Gasteiger partial charge on any atom is 0.269 e. The Labute approximate surface area is 168 Å². The van der Waals surface area contributed by atoms with E-state index in [1.165, 1.54) is 6.07 Å². The van der Waals surface area contributed by atoms with Crippen molar-refractivity contribution >= 4 is 32.8 Å². The number of benzene rings is 3. The molecule has 3 aromatic carbocycles. The molecule has 0 radical (unpaired) electrons. The molecule has 0 bridgehead atoms. The van der Waals surface area contributed by atoms with Crippen molar-refractivity contribution in [3.8, 4) is 5.75 Å². The van der Waals surface area contributed by atoms with Gasteiger partial charge in [-0.3, -0.25) is 4.79 Å². The number of para-hydroxylation sites is 1. The molecule has 0 fully saturated rings. The molecule has 146 valence electrons. The standard InChI is InChI=1S/C22H18N2O4S/c1-28-17-13-11-16(12-14-17)23-20-18-9-5-6-10-19(18)29(26,27)21(20)22(25)24-15-7-3-2-4-8-15/h2-14,23H,1H3,(H,24,25). The van der Waals surface area contributed by atoms with Gasteiger partial charge in [0.1, 0.15) is 5.75 Å². The van der Waals surface area contributed by atoms with E-state index in [1.54, 1.807) is 73.8 Å². The Kier molecular flexibility index (Phi) is 4.82. The lowest BCUT2D eigenvalue weighted by Crippen LogP contribution is -2.20. The highest BCUT2D eigenvalue weighted by atomic mass is 32.2. The number of nitrogens with one attached hydrogen (secondary N) is 2. The second-order valence-corrected chi connectivity index (χ2v) is 8.23. The molecule has 0 spiro atoms. The van der Waals surface area contributed by atoms with Crippen LogP contribution >= 0.6 is 0 Å². The fourth-order valence-corrected chi connectivity index (χ4v) is 4.82. The van der Waals surface area contributed by atoms with Crippen LogP contribution in [-0.4, -0.2) is 21.4 Å². The SMILES string of the molecule is COc1ccc(NC2=C(C(=O)Nc3ccccc3)S(=O)(=O)c3ccccc32)cc1. The molecular formula is C22H18N2O4S. The Balaban J connectivity index is 1.79. The summed E-state index contributed by atoms with van der Waals surface area (Å²) in [7, 11) is -2.40. The maximum absolute atomic E-state index is 13.1. The largest absolute Gasteiger partial charge is 0.497 e. The van der Waals surface area contributed by atoms with Crippen molar-refractivity contribution < 1.29 is 17.9 Å². The minimum Gasteiger partial charge on any atom is -0.497 e. The van der Waals surface area contributed by atoms with E-state index in [4.69, 9.17) is 4.74 Å². The number of hydrogen-bond acceptors (Lipinski definition) is 5. The number of carbonyl (C=O) groups excluding carboxylic acids is 1. The van der Waals surface area contributed by atoms with E-state index in [9.17, 15) is 13.2 Å². The normalized spacial score (nSPS) is 14.2. The summed E-state index contributed by atoms with van der Waals surface area (Å²) >= 11 is 0. The van der Waals surface area contributed by atoms with Crippen LogP contribution in [0.5, 0.6) is 5.75 Å². The van der Waals surface area contributed by atoms with Crippen molar-refractivity contribution in [1.29, 1.82) is 0 Å². The lowest BCUT2D eigenvalue weighted by Gasteiger charge is -2.12. The summed E-state index contributed by atoms with van der Waals surface area (Å²) in [5.41, 5.74) is 1.86. The molecule has 3 aromatic rings. The Morgan fingerprint density at radius 2 is 1.48 bits per heavy atom. The summed E-state index contributed by atoms with van der Waals surface area (Å²) in [6, 6.07) is 22.3. The van der Waals surface area contributed by atoms with E-state index in [2.05, 4.69) is 10.6 Å². The van der Waals surface area contributed by atoms with Gasteiger partial charge in [-0.05, 0) is 42.5 Å². The lowest BCUT2D eigenvalue weighted by atomic mass is 10.1. The summed E-state index contributed by atoms with van der Waals surface area (Å²) < 4.78 is 31.4. The first-order valence-corrected chi connectivity index (χ1v) is 10.4. The first-order valence-electron chi connectivity index (χ1n) is 8.87. The molecule has 1 heterocycles. The number of carbonyl (C=O) groups is 1. The molecule has 0 aromatic heterocycles. The molecule has 1 amide bonds. The molecule has 29 heavy (non-hydrogen) atoms. The van der Waals surface area contributed by atoms with E-state index in [1.807, 2.05) is 6.07 Å². The van der Waals surface area contributed by atoms with Crippen LogP contribution in [0.15, 0.2) is 88.7 Å². The van der Waals surface area contributed by atoms with Gasteiger partial charge < -0.3 is 15.4 Å². The fourth-order valence-electron chi connectivity index (χ4n) is 3.16. The van der Waals surface area contributed by atoms with Gasteiger partial charge in [0.2, 0.25) is 9.84 Å². The lowest BCUT2D eigenvalue weighted by molar-refractivity contribution is -0.112. The first kappa shape index (κ1) is 18.8. The van der Waals surface area contributed by atoms with Crippen molar-refractivity contribution in [1.82, 2.24) is 0 Å². The van der Waals surface area contributed by atoms with Crippen LogP contribution in [0, 0.1) is 0 Å². The van der Waals surface area contributed by atoms with Crippen LogP contribution in [0.3, 0.4) is 0 Å². The first-order chi connectivity index (χ1) is 14.0. The van der Waals surface area contributed by atoms with Gasteiger partial charge in [-0.1, -0.05) is 36.4 Å². The molecule has 1 aliphatic rings. The third-order valence-electron chi connectivity index (χ3n) is 4.54. The zero-order valence-electron chi connectivity index (χ0n) is 15.5. The van der Waals surface area contributed by atoms with Gasteiger partial charge in [0.25, 0.3) is 5.91 Å². The fraction of sp³-hybridized carbons (Fsp3) is 0.0455. The zero-order chi connectivity index (χ0) is 20.4. The number of anilines is 2. The molecule has 0 saturated carbocycles. The van der Waals surface area contributed by atoms with E-state index in [0.717, 1.165) is 0 Å². The van der Waals surface area contributed by atoms with Crippen LogP contribution < -0.4 is 15.4 Å². The van der Waals surface area contributed by atoms with Crippen LogP contribution in [0.4, 0.5) is 11.4 Å². The molecule has 0 unspecified atom stereocenters. The van der Waals surface area contributed by atoms with Crippen molar-refractivity contribution in [2.45, 2.75) is 4.90 Å². The minimum absolute atomic E-state index is 0.106. The van der Waals surface area contributed by atoms with Crippen molar-refractivity contribution in [3.05, 3.63) is 89.3 Å². The predicted molar refractivity (Wildman–Crippen MR) is 112 cm³/mol. The molecule has 1 aliphatic heterocycles. The Morgan fingerprint density at radius 1 is 0.828 bits per heavy atom. The molecular weight excluding hydrogens is 388 g/mol. The number of ether oxygens (including phenoxy) is 1. The van der Waals surface area contributed by atoms with E-state index < -0.39 is 15.7 Å². The van der Waals surface area contributed by atoms with Crippen LogP contribution in [0.1, 0.15) is 5.56 Å². The Morgan fingerprint density at radius 3 is 2.17 bits per heavy atom. The second kappa shape index (κ2) is 7.44. The Bertz CT molecular complexity index is 1200. The molecule has 2 N–H and O–H groups in total. The third kappa shape index (κ3) is 3.48. The summed E-state index contributed by atoms with van der Waals surface area (Å²) in [6.07, 6.45) is 0. The molecule has 0 saturated heterocycles. The second-order valence-electron chi connectivity index (χ2n) is 6.38. The summed E-state index contributed by atoms with van der Waals surface area (Å²) in [5, 5.41) is 5.78. The topological polar surface area (TPSA) is 84.5 Å². The molecule has 4 rings (SSSR count). The van der Waals surface area contributed by atoms with Crippen molar-refractivity contribution in [2.24, 2.45) is 0 Å². The molecule has 6 nitrogen and oxygen atoms in total. The van der Waals surface area contributed by atoms with Crippen LogP contribution in [-0.2, 0) is 14.6 Å². The van der Waals surface area contributed by atoms with Gasteiger partial charge in [0, 0.05) is 16.9 Å². The molecule has 7 heteroatoms. The molecule has 0 aliphatic carbocycles. The van der Waals surface area contributed by atoms with Gasteiger partial charge in [0.05, 0.1) is 17.7 Å². The summed E-state index contributed by atoms with van der Waals surface area (Å²) in [4.78, 5) is 12.8. The van der Waals surface area contributed by atoms with Gasteiger partial charge in [-0.15, -0.1) is 0 Å². The predicted octanol–water partition coefficient (Wildman–Crippen LogP) is 3.90. The average molecular weight is 406 g/mol. The minimum atomic E-state index is -3.97. The zero-order valence-corrected chi connectivity index (χ0v) is 16.4. The smallest absolute Gasteiger partial charge is 0.269 e. The number of methoxy groups -OCH3 is 1. The highest BCUT2D eigenvalue weighted by Crippen LogP contribution is 2.40. The summed E-state index contributed by atoms with van der Waals surface area (Å²) in [6.45, 7) is 0. The van der Waals surface area contributed by atoms with Gasteiger partial charge in [-0.2, -0.15) is 0 Å². The monoisotopic (exact) mass is 406 g/mol. The third-order valence-corrected chi connectivity index (χ3v) is 6.40. The van der Waals surface area contributed by atoms with E-state index in [-0.39, 0.29) is 15.5 Å². The number of hydrogen-bond donors (Lipinski definition) is 2. The highest BCUT2D eigenvalue weighted by molar-refractivity contribution is 7.97. The van der Waals surface area contributed by atoms with Crippen molar-refractivity contribution in [2.75, 3.05) is 17.7 Å². The number of sulfone groups is 1. The van der Waals surface area contributed by atoms with Gasteiger partial charge >= 0.3 is 0 Å². The highest BCUT2D eigenvalue weighted by Gasteiger charge is 2.40. The van der Waals surface area contributed by atoms with Crippen LogP contribution in [0.2, 0.25) is 0 Å². The summed E-state index contributed by atoms with van der Waals surface area (Å²) in [5.74, 6) is -0.0190. The molecule has 0 atom stereocenters. The number of fused-ring (bicyclic) bond motifs is 1. The van der Waals surface area contributed by atoms with Gasteiger partial charge in [-0.25, -0.2) is 8.42 Å². The Hall–Kier alpha value is -3.58.